The van der Waals surface area contributed by atoms with E-state index >= 15 is 0 Å². The summed E-state index contributed by atoms with van der Waals surface area (Å²) in [5.74, 6) is 0.463. The first-order valence-electron chi connectivity index (χ1n) is 9.40. The van der Waals surface area contributed by atoms with E-state index in [9.17, 15) is 9.18 Å². The van der Waals surface area contributed by atoms with Crippen LogP contribution < -0.4 is 5.32 Å². The van der Waals surface area contributed by atoms with Gasteiger partial charge in [0, 0.05) is 17.8 Å². The summed E-state index contributed by atoms with van der Waals surface area (Å²) in [5, 5.41) is 6.95. The molecule has 0 bridgehead atoms. The molecule has 1 atom stereocenters. The van der Waals surface area contributed by atoms with Crippen molar-refractivity contribution in [1.82, 2.24) is 15.0 Å². The summed E-state index contributed by atoms with van der Waals surface area (Å²) in [5.41, 5.74) is 2.60. The molecule has 0 spiro atoms. The van der Waals surface area contributed by atoms with Crippen LogP contribution in [0.3, 0.4) is 0 Å². The van der Waals surface area contributed by atoms with E-state index in [-0.39, 0.29) is 17.9 Å². The Morgan fingerprint density at radius 2 is 2.11 bits per heavy atom. The highest BCUT2D eigenvalue weighted by atomic mass is 19.1. The average molecular weight is 380 g/mol. The van der Waals surface area contributed by atoms with Crippen LogP contribution in [0.4, 0.5) is 14.9 Å². The molecule has 3 aromatic rings. The van der Waals surface area contributed by atoms with Gasteiger partial charge in [-0.05, 0) is 61.2 Å². The Balaban J connectivity index is 1.50. The predicted octanol–water partition coefficient (Wildman–Crippen LogP) is 4.81. The summed E-state index contributed by atoms with van der Waals surface area (Å²) < 4.78 is 18.5. The molecular weight excluding hydrogens is 359 g/mol. The van der Waals surface area contributed by atoms with Crippen molar-refractivity contribution in [3.05, 3.63) is 65.8 Å². The largest absolute Gasteiger partial charge is 0.337 e. The highest BCUT2D eigenvalue weighted by molar-refractivity contribution is 5.89. The van der Waals surface area contributed by atoms with Gasteiger partial charge in [0.25, 0.3) is 0 Å². The molecule has 2 heterocycles. The molecule has 0 saturated carbocycles. The Labute approximate surface area is 162 Å². The lowest BCUT2D eigenvalue weighted by Gasteiger charge is -2.22. The van der Waals surface area contributed by atoms with Crippen LogP contribution in [-0.4, -0.2) is 27.6 Å². The van der Waals surface area contributed by atoms with Crippen LogP contribution in [-0.2, 0) is 6.42 Å². The number of anilines is 1. The van der Waals surface area contributed by atoms with Crippen molar-refractivity contribution >= 4 is 11.7 Å². The number of hydrogen-bond acceptors (Lipinski definition) is 4. The van der Waals surface area contributed by atoms with E-state index in [0.717, 1.165) is 30.5 Å². The number of benzene rings is 2. The summed E-state index contributed by atoms with van der Waals surface area (Å²) in [6, 6.07) is 13.3. The quantitative estimate of drug-likeness (QED) is 0.705. The van der Waals surface area contributed by atoms with Crippen LogP contribution in [0.2, 0.25) is 0 Å². The fourth-order valence-corrected chi connectivity index (χ4v) is 3.42. The number of likely N-dealkylation sites (tertiary alicyclic amines) is 1. The molecule has 6 nitrogen and oxygen atoms in total. The predicted molar refractivity (Wildman–Crippen MR) is 103 cm³/mol. The molecule has 1 fully saturated rings. The Morgan fingerprint density at radius 1 is 1.29 bits per heavy atom. The summed E-state index contributed by atoms with van der Waals surface area (Å²) in [7, 11) is 0. The zero-order valence-corrected chi connectivity index (χ0v) is 15.6. The monoisotopic (exact) mass is 380 g/mol. The Bertz CT molecular complexity index is 971. The van der Waals surface area contributed by atoms with Crippen LogP contribution >= 0.6 is 0 Å². The van der Waals surface area contributed by atoms with Crippen molar-refractivity contribution in [3.63, 3.8) is 0 Å². The maximum absolute atomic E-state index is 13.1. The van der Waals surface area contributed by atoms with Gasteiger partial charge in [-0.3, -0.25) is 0 Å². The highest BCUT2D eigenvalue weighted by Crippen LogP contribution is 2.32. The SMILES string of the molecule is CCc1cccc(NC(=O)N2CCC[C@H]2c2nc(-c3ccc(F)cc3)no2)c1. The van der Waals surface area contributed by atoms with Crippen molar-refractivity contribution < 1.29 is 13.7 Å². The lowest BCUT2D eigenvalue weighted by molar-refractivity contribution is 0.193. The molecule has 0 radical (unpaired) electrons. The number of carbonyl (C=O) groups is 1. The summed E-state index contributed by atoms with van der Waals surface area (Å²) >= 11 is 0. The molecule has 28 heavy (non-hydrogen) atoms. The lowest BCUT2D eigenvalue weighted by atomic mass is 10.1. The van der Waals surface area contributed by atoms with Crippen molar-refractivity contribution in [2.24, 2.45) is 0 Å². The fourth-order valence-electron chi connectivity index (χ4n) is 3.42. The smallest absolute Gasteiger partial charge is 0.322 e. The Hall–Kier alpha value is -3.22. The van der Waals surface area contributed by atoms with Gasteiger partial charge in [-0.2, -0.15) is 4.98 Å². The normalized spacial score (nSPS) is 16.4. The van der Waals surface area contributed by atoms with E-state index < -0.39 is 0 Å². The first-order valence-corrected chi connectivity index (χ1v) is 9.40. The van der Waals surface area contributed by atoms with Gasteiger partial charge in [0.15, 0.2) is 0 Å². The second kappa shape index (κ2) is 7.80. The van der Waals surface area contributed by atoms with Gasteiger partial charge >= 0.3 is 6.03 Å². The van der Waals surface area contributed by atoms with Gasteiger partial charge in [-0.25, -0.2) is 9.18 Å². The van der Waals surface area contributed by atoms with E-state index in [4.69, 9.17) is 4.52 Å². The first kappa shape index (κ1) is 18.2. The molecule has 1 aliphatic rings. The molecule has 1 N–H and O–H groups in total. The number of aromatic nitrogens is 2. The second-order valence-corrected chi connectivity index (χ2v) is 6.80. The maximum atomic E-state index is 13.1. The Kier molecular flexibility index (Phi) is 5.06. The molecule has 1 aromatic heterocycles. The van der Waals surface area contributed by atoms with Gasteiger partial charge in [-0.1, -0.05) is 24.2 Å². The topological polar surface area (TPSA) is 71.3 Å². The molecule has 144 valence electrons. The molecule has 1 aliphatic heterocycles. The van der Waals surface area contributed by atoms with Crippen molar-refractivity contribution in [2.45, 2.75) is 32.2 Å². The number of rotatable bonds is 4. The number of hydrogen-bond donors (Lipinski definition) is 1. The van der Waals surface area contributed by atoms with Crippen LogP contribution in [0.1, 0.15) is 37.3 Å². The zero-order chi connectivity index (χ0) is 19.5. The minimum atomic E-state index is -0.321. The van der Waals surface area contributed by atoms with Crippen molar-refractivity contribution in [2.75, 3.05) is 11.9 Å². The number of amides is 2. The number of aryl methyl sites for hydroxylation is 1. The molecule has 2 amide bonds. The van der Waals surface area contributed by atoms with E-state index in [2.05, 4.69) is 22.4 Å². The maximum Gasteiger partial charge on any atom is 0.322 e. The summed E-state index contributed by atoms with van der Waals surface area (Å²) in [4.78, 5) is 19.0. The minimum absolute atomic E-state index is 0.183. The number of nitrogens with one attached hydrogen (secondary N) is 1. The van der Waals surface area contributed by atoms with E-state index in [0.29, 0.717) is 23.8 Å². The van der Waals surface area contributed by atoms with E-state index in [1.807, 2.05) is 24.3 Å². The molecule has 0 unspecified atom stereocenters. The summed E-state index contributed by atoms with van der Waals surface area (Å²) in [6.07, 6.45) is 2.53. The van der Waals surface area contributed by atoms with Crippen molar-refractivity contribution in [3.8, 4) is 11.4 Å². The Morgan fingerprint density at radius 3 is 2.89 bits per heavy atom. The van der Waals surface area contributed by atoms with Crippen LogP contribution in [0.15, 0.2) is 53.1 Å². The third kappa shape index (κ3) is 3.74. The minimum Gasteiger partial charge on any atom is -0.337 e. The van der Waals surface area contributed by atoms with Crippen LogP contribution in [0, 0.1) is 5.82 Å². The molecular formula is C21H21FN4O2. The van der Waals surface area contributed by atoms with E-state index in [1.54, 1.807) is 17.0 Å². The van der Waals surface area contributed by atoms with Gasteiger partial charge in [0.1, 0.15) is 11.9 Å². The van der Waals surface area contributed by atoms with Gasteiger partial charge in [0.2, 0.25) is 11.7 Å². The zero-order valence-electron chi connectivity index (χ0n) is 15.6. The lowest BCUT2D eigenvalue weighted by Crippen LogP contribution is -2.34. The molecule has 4 rings (SSSR count). The average Bonchev–Trinajstić information content (AvgIpc) is 3.38. The van der Waals surface area contributed by atoms with Crippen LogP contribution in [0.25, 0.3) is 11.4 Å². The molecule has 7 heteroatoms. The fraction of sp³-hybridized carbons (Fsp3) is 0.286. The molecule has 1 saturated heterocycles. The van der Waals surface area contributed by atoms with Gasteiger partial charge in [0.05, 0.1) is 0 Å². The molecule has 0 aliphatic carbocycles. The third-order valence-corrected chi connectivity index (χ3v) is 4.93. The van der Waals surface area contributed by atoms with Gasteiger partial charge < -0.3 is 14.7 Å². The second-order valence-electron chi connectivity index (χ2n) is 6.80. The summed E-state index contributed by atoms with van der Waals surface area (Å²) in [6.45, 7) is 2.70. The van der Waals surface area contributed by atoms with Gasteiger partial charge in [-0.15, -0.1) is 0 Å². The number of urea groups is 1. The standard InChI is InChI=1S/C21H21FN4O2/c1-2-14-5-3-6-17(13-14)23-21(27)26-12-4-7-18(26)20-24-19(25-28-20)15-8-10-16(22)11-9-15/h3,5-6,8-11,13,18H,2,4,7,12H2,1H3,(H,23,27)/t18-/m0/s1. The first-order chi connectivity index (χ1) is 13.6. The van der Waals surface area contributed by atoms with Crippen molar-refractivity contribution in [1.29, 1.82) is 0 Å². The number of carbonyl (C=O) groups excluding carboxylic acids is 1. The molecule has 2 aromatic carbocycles. The number of nitrogens with zero attached hydrogens (tertiary/aromatic N) is 3. The van der Waals surface area contributed by atoms with Crippen LogP contribution in [0.5, 0.6) is 0 Å². The highest BCUT2D eigenvalue weighted by Gasteiger charge is 2.34. The van der Waals surface area contributed by atoms with E-state index in [1.165, 1.54) is 12.1 Å². The number of halogens is 1. The third-order valence-electron chi connectivity index (χ3n) is 4.93.